The number of hydrogen-bond donors (Lipinski definition) is 1. The van der Waals surface area contributed by atoms with Crippen molar-refractivity contribution in [3.05, 3.63) is 35.4 Å². The Morgan fingerprint density at radius 3 is 2.47 bits per heavy atom. The summed E-state index contributed by atoms with van der Waals surface area (Å²) in [5.41, 5.74) is 5.98. The second kappa shape index (κ2) is 6.07. The third-order valence-electron chi connectivity index (χ3n) is 2.97. The molecule has 1 rings (SSSR count). The van der Waals surface area contributed by atoms with Crippen LogP contribution in [0.25, 0.3) is 0 Å². The first-order valence-electron chi connectivity index (χ1n) is 5.77. The van der Waals surface area contributed by atoms with Crippen LogP contribution in [0.3, 0.4) is 0 Å². The molecule has 0 amide bonds. The third-order valence-corrected chi connectivity index (χ3v) is 2.97. The van der Waals surface area contributed by atoms with E-state index in [-0.39, 0.29) is 17.8 Å². The zero-order valence-electron chi connectivity index (χ0n) is 10.6. The Morgan fingerprint density at radius 2 is 1.94 bits per heavy atom. The van der Waals surface area contributed by atoms with Gasteiger partial charge in [0.05, 0.1) is 0 Å². The first-order valence-corrected chi connectivity index (χ1v) is 5.77. The number of nitrogens with zero attached hydrogens (tertiary/aromatic N) is 1. The Kier molecular flexibility index (Phi) is 5.02. The molecule has 0 fully saturated rings. The summed E-state index contributed by atoms with van der Waals surface area (Å²) in [5, 5.41) is 0. The molecule has 0 saturated heterocycles. The number of benzene rings is 1. The smallest absolute Gasteiger partial charge is 0.128 e. The summed E-state index contributed by atoms with van der Waals surface area (Å²) in [6, 6.07) is 3.43. The quantitative estimate of drug-likeness (QED) is 0.859. The minimum Gasteiger partial charge on any atom is -0.330 e. The molecule has 0 bridgehead atoms. The van der Waals surface area contributed by atoms with Crippen molar-refractivity contribution >= 4 is 0 Å². The molecule has 0 aromatic heterocycles. The molecule has 0 aliphatic rings. The Labute approximate surface area is 101 Å². The van der Waals surface area contributed by atoms with Crippen molar-refractivity contribution in [3.63, 3.8) is 0 Å². The Morgan fingerprint density at radius 1 is 1.29 bits per heavy atom. The maximum absolute atomic E-state index is 13.7. The average molecular weight is 242 g/mol. The monoisotopic (exact) mass is 242 g/mol. The molecular formula is C13H20F2N2. The molecule has 0 radical (unpaired) electrons. The highest BCUT2D eigenvalue weighted by Gasteiger charge is 2.20. The van der Waals surface area contributed by atoms with Crippen LogP contribution in [0, 0.1) is 17.6 Å². The van der Waals surface area contributed by atoms with Gasteiger partial charge in [0.25, 0.3) is 0 Å². The van der Waals surface area contributed by atoms with Crippen molar-refractivity contribution in [3.8, 4) is 0 Å². The van der Waals surface area contributed by atoms with E-state index in [0.29, 0.717) is 18.5 Å². The summed E-state index contributed by atoms with van der Waals surface area (Å²) in [6.45, 7) is 2.55. The summed E-state index contributed by atoms with van der Waals surface area (Å²) in [5.74, 6) is -0.506. The van der Waals surface area contributed by atoms with Crippen molar-refractivity contribution in [2.75, 3.05) is 20.6 Å². The maximum Gasteiger partial charge on any atom is 0.128 e. The van der Waals surface area contributed by atoms with Gasteiger partial charge in [0.15, 0.2) is 0 Å². The van der Waals surface area contributed by atoms with E-state index in [1.807, 2.05) is 25.9 Å². The van der Waals surface area contributed by atoms with Crippen molar-refractivity contribution in [2.45, 2.75) is 19.4 Å². The fourth-order valence-corrected chi connectivity index (χ4v) is 1.86. The van der Waals surface area contributed by atoms with Crippen LogP contribution >= 0.6 is 0 Å². The number of rotatable bonds is 5. The second-order valence-corrected chi connectivity index (χ2v) is 4.72. The van der Waals surface area contributed by atoms with E-state index >= 15 is 0 Å². The molecular weight excluding hydrogens is 222 g/mol. The molecule has 0 aliphatic carbocycles. The summed E-state index contributed by atoms with van der Waals surface area (Å²) < 4.78 is 26.9. The largest absolute Gasteiger partial charge is 0.330 e. The van der Waals surface area contributed by atoms with E-state index in [2.05, 4.69) is 0 Å². The van der Waals surface area contributed by atoms with Crippen LogP contribution in [0.4, 0.5) is 8.78 Å². The van der Waals surface area contributed by atoms with E-state index in [9.17, 15) is 8.78 Å². The molecule has 0 saturated carbocycles. The lowest BCUT2D eigenvalue weighted by Gasteiger charge is -2.27. The average Bonchev–Trinajstić information content (AvgIpc) is 2.28. The summed E-state index contributed by atoms with van der Waals surface area (Å²) in [6.07, 6.45) is 0.712. The van der Waals surface area contributed by atoms with Crippen LogP contribution in [0.15, 0.2) is 18.2 Å². The molecule has 0 aliphatic heterocycles. The van der Waals surface area contributed by atoms with Gasteiger partial charge in [0, 0.05) is 11.6 Å². The standard InChI is InChI=1S/C13H20F2N2/c1-9(8-16)6-13(17(2)3)11-7-10(14)4-5-12(11)15/h4-5,7,9,13H,6,8,16H2,1-3H3. The third kappa shape index (κ3) is 3.75. The van der Waals surface area contributed by atoms with Crippen LogP contribution < -0.4 is 5.73 Å². The second-order valence-electron chi connectivity index (χ2n) is 4.72. The fraction of sp³-hybridized carbons (Fsp3) is 0.538. The number of halogens is 2. The van der Waals surface area contributed by atoms with Crippen molar-refractivity contribution < 1.29 is 8.78 Å². The van der Waals surface area contributed by atoms with Gasteiger partial charge >= 0.3 is 0 Å². The highest BCUT2D eigenvalue weighted by molar-refractivity contribution is 5.22. The molecule has 1 aromatic carbocycles. The Bertz CT molecular complexity index is 366. The van der Waals surface area contributed by atoms with Gasteiger partial charge in [-0.1, -0.05) is 6.92 Å². The van der Waals surface area contributed by atoms with Gasteiger partial charge in [-0.2, -0.15) is 0 Å². The van der Waals surface area contributed by atoms with Crippen LogP contribution in [-0.4, -0.2) is 25.5 Å². The van der Waals surface area contributed by atoms with Gasteiger partial charge in [0.1, 0.15) is 11.6 Å². The molecule has 4 heteroatoms. The van der Waals surface area contributed by atoms with Crippen LogP contribution in [0.1, 0.15) is 24.9 Å². The topological polar surface area (TPSA) is 29.3 Å². The van der Waals surface area contributed by atoms with Crippen molar-refractivity contribution in [2.24, 2.45) is 11.7 Å². The molecule has 2 unspecified atom stereocenters. The van der Waals surface area contributed by atoms with Crippen molar-refractivity contribution in [1.29, 1.82) is 0 Å². The molecule has 0 heterocycles. The zero-order chi connectivity index (χ0) is 13.0. The first kappa shape index (κ1) is 14.1. The van der Waals surface area contributed by atoms with E-state index in [0.717, 1.165) is 6.07 Å². The van der Waals surface area contributed by atoms with E-state index in [1.165, 1.54) is 12.1 Å². The zero-order valence-corrected chi connectivity index (χ0v) is 10.6. The van der Waals surface area contributed by atoms with Gasteiger partial charge < -0.3 is 10.6 Å². The predicted octanol–water partition coefficient (Wildman–Crippen LogP) is 2.55. The Balaban J connectivity index is 3.00. The molecule has 96 valence electrons. The van der Waals surface area contributed by atoms with Gasteiger partial charge in [-0.25, -0.2) is 8.78 Å². The van der Waals surface area contributed by atoms with Gasteiger partial charge in [-0.3, -0.25) is 0 Å². The summed E-state index contributed by atoms with van der Waals surface area (Å²) in [4.78, 5) is 1.89. The van der Waals surface area contributed by atoms with E-state index < -0.39 is 5.82 Å². The van der Waals surface area contributed by atoms with E-state index in [4.69, 9.17) is 5.73 Å². The summed E-state index contributed by atoms with van der Waals surface area (Å²) in [7, 11) is 3.72. The van der Waals surface area contributed by atoms with Gasteiger partial charge in [-0.15, -0.1) is 0 Å². The Hall–Kier alpha value is -1.00. The molecule has 2 nitrogen and oxygen atoms in total. The molecule has 0 spiro atoms. The van der Waals surface area contributed by atoms with Gasteiger partial charge in [-0.05, 0) is 51.2 Å². The van der Waals surface area contributed by atoms with Crippen molar-refractivity contribution in [1.82, 2.24) is 4.90 Å². The molecule has 2 N–H and O–H groups in total. The fourth-order valence-electron chi connectivity index (χ4n) is 1.86. The van der Waals surface area contributed by atoms with Crippen LogP contribution in [-0.2, 0) is 0 Å². The van der Waals surface area contributed by atoms with Crippen LogP contribution in [0.2, 0.25) is 0 Å². The minimum absolute atomic E-state index is 0.149. The van der Waals surface area contributed by atoms with E-state index in [1.54, 1.807) is 0 Å². The number of hydrogen-bond acceptors (Lipinski definition) is 2. The van der Waals surface area contributed by atoms with Gasteiger partial charge in [0.2, 0.25) is 0 Å². The maximum atomic E-state index is 13.7. The minimum atomic E-state index is -0.409. The first-order chi connectivity index (χ1) is 7.95. The lowest BCUT2D eigenvalue weighted by atomic mass is 9.94. The van der Waals surface area contributed by atoms with Crippen LogP contribution in [0.5, 0.6) is 0 Å². The SMILES string of the molecule is CC(CN)CC(c1cc(F)ccc1F)N(C)C. The lowest BCUT2D eigenvalue weighted by molar-refractivity contribution is 0.248. The molecule has 2 atom stereocenters. The number of nitrogens with two attached hydrogens (primary N) is 1. The molecule has 17 heavy (non-hydrogen) atoms. The highest BCUT2D eigenvalue weighted by Crippen LogP contribution is 2.28. The highest BCUT2D eigenvalue weighted by atomic mass is 19.1. The normalized spacial score (nSPS) is 15.0. The molecule has 1 aromatic rings. The summed E-state index contributed by atoms with van der Waals surface area (Å²) >= 11 is 0. The predicted molar refractivity (Wildman–Crippen MR) is 65.6 cm³/mol. The lowest BCUT2D eigenvalue weighted by Crippen LogP contribution is -2.25.